The number of fused-ring (bicyclic) bond motifs is 9. The molecular formula is C58H38N4S. The Labute approximate surface area is 368 Å². The molecule has 0 radical (unpaired) electrons. The first-order chi connectivity index (χ1) is 31.2. The Balaban J connectivity index is 1.12. The molecular weight excluding hydrogens is 785 g/mol. The fourth-order valence-corrected chi connectivity index (χ4v) is 11.6. The van der Waals surface area contributed by atoms with Crippen molar-refractivity contribution in [3.8, 4) is 22.3 Å². The third kappa shape index (κ3) is 5.40. The van der Waals surface area contributed by atoms with E-state index in [1.807, 2.05) is 11.3 Å². The second-order valence-corrected chi connectivity index (χ2v) is 17.6. The topological polar surface area (TPSA) is 41.7 Å². The van der Waals surface area contributed by atoms with Crippen molar-refractivity contribution in [2.45, 2.75) is 11.6 Å². The van der Waals surface area contributed by atoms with E-state index in [9.17, 15) is 0 Å². The molecule has 5 heteroatoms. The van der Waals surface area contributed by atoms with Crippen molar-refractivity contribution in [3.63, 3.8) is 0 Å². The molecule has 1 atom stereocenters. The Morgan fingerprint density at radius 3 is 1.83 bits per heavy atom. The Hall–Kier alpha value is -7.86. The molecule has 296 valence electrons. The summed E-state index contributed by atoms with van der Waals surface area (Å²) < 4.78 is 4.79. The molecule has 0 fully saturated rings. The highest BCUT2D eigenvalue weighted by Gasteiger charge is 2.46. The number of hydrogen-bond donors (Lipinski definition) is 1. The summed E-state index contributed by atoms with van der Waals surface area (Å²) in [6.45, 7) is 0. The number of amidine groups is 1. The van der Waals surface area contributed by atoms with E-state index < -0.39 is 5.41 Å². The first kappa shape index (κ1) is 35.9. The molecule has 0 amide bonds. The molecule has 3 heterocycles. The number of hydrogen-bond acceptors (Lipinski definition) is 4. The van der Waals surface area contributed by atoms with Crippen LogP contribution in [0.5, 0.6) is 0 Å². The van der Waals surface area contributed by atoms with Crippen LogP contribution in [0.2, 0.25) is 0 Å². The van der Waals surface area contributed by atoms with E-state index in [-0.39, 0.29) is 6.17 Å². The van der Waals surface area contributed by atoms with Crippen molar-refractivity contribution >= 4 is 65.1 Å². The maximum Gasteiger partial charge on any atom is 0.234 e. The van der Waals surface area contributed by atoms with Gasteiger partial charge in [-0.2, -0.15) is 4.99 Å². The second kappa shape index (κ2) is 14.1. The lowest BCUT2D eigenvalue weighted by Crippen LogP contribution is -2.35. The molecule has 2 aromatic heterocycles. The smallest absolute Gasteiger partial charge is 0.234 e. The van der Waals surface area contributed by atoms with Crippen LogP contribution in [0, 0.1) is 0 Å². The van der Waals surface area contributed by atoms with Gasteiger partial charge in [0.15, 0.2) is 0 Å². The minimum absolute atomic E-state index is 0.379. The molecule has 1 unspecified atom stereocenters. The minimum atomic E-state index is -0.563. The number of rotatable bonds is 5. The van der Waals surface area contributed by atoms with Gasteiger partial charge in [-0.1, -0.05) is 194 Å². The number of thiophene rings is 1. The number of aromatic nitrogens is 1. The van der Waals surface area contributed by atoms with Crippen LogP contribution in [-0.4, -0.2) is 16.4 Å². The third-order valence-corrected chi connectivity index (χ3v) is 14.4. The molecule has 13 rings (SSSR count). The summed E-state index contributed by atoms with van der Waals surface area (Å²) in [5.41, 5.74) is 13.5. The normalized spacial score (nSPS) is 15.3. The first-order valence-electron chi connectivity index (χ1n) is 21.5. The summed E-state index contributed by atoms with van der Waals surface area (Å²) in [7, 11) is 0. The molecule has 0 bridgehead atoms. The van der Waals surface area contributed by atoms with Crippen LogP contribution in [0.3, 0.4) is 0 Å². The van der Waals surface area contributed by atoms with Gasteiger partial charge in [-0.05, 0) is 74.3 Å². The van der Waals surface area contributed by atoms with Crippen LogP contribution in [0.15, 0.2) is 228 Å². The zero-order chi connectivity index (χ0) is 41.5. The van der Waals surface area contributed by atoms with Crippen LogP contribution in [0.25, 0.3) is 64.2 Å². The summed E-state index contributed by atoms with van der Waals surface area (Å²) in [5.74, 6) is 1.44. The number of nitrogens with zero attached hydrogens (tertiary/aromatic N) is 3. The summed E-state index contributed by atoms with van der Waals surface area (Å²) in [5, 5.41) is 8.60. The molecule has 11 aromatic rings. The number of benzene rings is 9. The SMILES string of the molecule is c1ccc(-c2ccc3c4ccc(C5(c6ccccc6)c6ccccc6-c6ccccc65)cc4n(C4=NC(c5ccccc5)NC(c5cccc6c5sc5ccccc56)=N4)c3c2)cc1. The summed E-state index contributed by atoms with van der Waals surface area (Å²) >= 11 is 1.82. The monoisotopic (exact) mass is 822 g/mol. The van der Waals surface area contributed by atoms with E-state index in [1.54, 1.807) is 0 Å². The molecule has 1 aliphatic heterocycles. The maximum atomic E-state index is 5.59. The highest BCUT2D eigenvalue weighted by atomic mass is 32.1. The zero-order valence-electron chi connectivity index (χ0n) is 34.1. The van der Waals surface area contributed by atoms with Gasteiger partial charge < -0.3 is 5.32 Å². The largest absolute Gasteiger partial charge is 0.344 e. The van der Waals surface area contributed by atoms with Gasteiger partial charge >= 0.3 is 0 Å². The van der Waals surface area contributed by atoms with Gasteiger partial charge in [0.05, 0.1) is 16.4 Å². The quantitative estimate of drug-likeness (QED) is 0.185. The van der Waals surface area contributed by atoms with Crippen LogP contribution in [0.4, 0.5) is 0 Å². The van der Waals surface area contributed by atoms with Crippen molar-refractivity contribution in [2.75, 3.05) is 0 Å². The lowest BCUT2D eigenvalue weighted by Gasteiger charge is -2.34. The molecule has 1 N–H and O–H groups in total. The summed E-state index contributed by atoms with van der Waals surface area (Å²) in [6.07, 6.45) is -0.379. The predicted molar refractivity (Wildman–Crippen MR) is 263 cm³/mol. The van der Waals surface area contributed by atoms with Crippen LogP contribution in [-0.2, 0) is 5.41 Å². The summed E-state index contributed by atoms with van der Waals surface area (Å²) in [6, 6.07) is 79.3. The Bertz CT molecular complexity index is 3610. The van der Waals surface area contributed by atoms with E-state index in [1.165, 1.54) is 53.6 Å². The maximum absolute atomic E-state index is 5.59. The standard InChI is InChI=1S/C58H38N4S/c1-4-17-37(18-5-1)39-31-33-44-45-34-32-41(58(40-21-8-3-9-22-40)49-28-13-10-23-42(49)43-24-11-14-29-50(43)58)36-52(45)62(51(44)35-39)57-60-55(38-19-6-2-7-20-38)59-56(61-57)48-27-16-26-47-46-25-12-15-30-53(46)63-54(47)48/h1-36,55H,(H,59,60,61). The van der Waals surface area contributed by atoms with Crippen molar-refractivity contribution in [1.29, 1.82) is 0 Å². The number of nitrogens with one attached hydrogen (secondary N) is 1. The number of aliphatic imine (C=N–C) groups is 2. The van der Waals surface area contributed by atoms with Crippen LogP contribution in [0.1, 0.15) is 39.5 Å². The molecule has 9 aromatic carbocycles. The highest BCUT2D eigenvalue weighted by Crippen LogP contribution is 2.56. The predicted octanol–water partition coefficient (Wildman–Crippen LogP) is 14.1. The second-order valence-electron chi connectivity index (χ2n) is 16.5. The van der Waals surface area contributed by atoms with E-state index in [0.717, 1.165) is 49.9 Å². The van der Waals surface area contributed by atoms with Gasteiger partial charge in [0.1, 0.15) is 12.0 Å². The van der Waals surface area contributed by atoms with E-state index in [0.29, 0.717) is 5.96 Å². The van der Waals surface area contributed by atoms with E-state index in [2.05, 4.69) is 228 Å². The summed E-state index contributed by atoms with van der Waals surface area (Å²) in [4.78, 5) is 11.1. The lowest BCUT2D eigenvalue weighted by atomic mass is 9.67. The van der Waals surface area contributed by atoms with Crippen molar-refractivity contribution in [3.05, 3.63) is 252 Å². The Kier molecular flexibility index (Phi) is 8.02. The van der Waals surface area contributed by atoms with Crippen molar-refractivity contribution in [2.24, 2.45) is 9.98 Å². The molecule has 0 saturated heterocycles. The first-order valence-corrected chi connectivity index (χ1v) is 22.3. The fraction of sp³-hybridized carbons (Fsp3) is 0.0345. The average molecular weight is 823 g/mol. The van der Waals surface area contributed by atoms with E-state index >= 15 is 0 Å². The molecule has 2 aliphatic rings. The van der Waals surface area contributed by atoms with Gasteiger partial charge in [-0.3, -0.25) is 4.57 Å². The fourth-order valence-electron chi connectivity index (χ4n) is 10.4. The van der Waals surface area contributed by atoms with Crippen molar-refractivity contribution in [1.82, 2.24) is 9.88 Å². The molecule has 1 aliphatic carbocycles. The van der Waals surface area contributed by atoms with Gasteiger partial charge in [-0.15, -0.1) is 11.3 Å². The van der Waals surface area contributed by atoms with Gasteiger partial charge in [0, 0.05) is 36.5 Å². The van der Waals surface area contributed by atoms with Crippen molar-refractivity contribution < 1.29 is 0 Å². The third-order valence-electron chi connectivity index (χ3n) is 13.2. The lowest BCUT2D eigenvalue weighted by molar-refractivity contribution is 0.669. The highest BCUT2D eigenvalue weighted by molar-refractivity contribution is 7.26. The van der Waals surface area contributed by atoms with Gasteiger partial charge in [0.25, 0.3) is 0 Å². The van der Waals surface area contributed by atoms with Crippen LogP contribution < -0.4 is 5.32 Å². The molecule has 0 saturated carbocycles. The molecule has 63 heavy (non-hydrogen) atoms. The minimum Gasteiger partial charge on any atom is -0.344 e. The van der Waals surface area contributed by atoms with Crippen LogP contribution >= 0.6 is 11.3 Å². The van der Waals surface area contributed by atoms with Gasteiger partial charge in [-0.25, -0.2) is 4.99 Å². The Morgan fingerprint density at radius 1 is 0.460 bits per heavy atom. The average Bonchev–Trinajstić information content (AvgIpc) is 4.01. The molecule has 4 nitrogen and oxygen atoms in total. The Morgan fingerprint density at radius 2 is 1.06 bits per heavy atom. The zero-order valence-corrected chi connectivity index (χ0v) is 34.9. The van der Waals surface area contributed by atoms with E-state index in [4.69, 9.17) is 9.98 Å². The molecule has 0 spiro atoms. The van der Waals surface area contributed by atoms with Gasteiger partial charge in [0.2, 0.25) is 5.96 Å².